The van der Waals surface area contributed by atoms with Crippen LogP contribution in [0.2, 0.25) is 0 Å². The van der Waals surface area contributed by atoms with Gasteiger partial charge in [-0.2, -0.15) is 0 Å². The number of carboxylic acid groups (broad SMARTS) is 1. The van der Waals surface area contributed by atoms with Crippen LogP contribution in [0, 0.1) is 0 Å². The molecule has 0 aromatic rings. The van der Waals surface area contributed by atoms with Crippen molar-refractivity contribution in [1.82, 2.24) is 5.32 Å². The lowest BCUT2D eigenvalue weighted by molar-refractivity contribution is -0.147. The Morgan fingerprint density at radius 2 is 1.16 bits per heavy atom. The van der Waals surface area contributed by atoms with Gasteiger partial charge in [-0.15, -0.1) is 0 Å². The lowest BCUT2D eigenvalue weighted by Gasteiger charge is -2.15. The number of nitrogens with one attached hydrogen (secondary N) is 1. The molecule has 6 nitrogen and oxygen atoms in total. The van der Waals surface area contributed by atoms with Crippen molar-refractivity contribution < 1.29 is 24.2 Å². The number of esters is 1. The number of carbonyl (C=O) groups is 3. The van der Waals surface area contributed by atoms with Gasteiger partial charge in [0.05, 0.1) is 0 Å². The highest BCUT2D eigenvalue weighted by Crippen LogP contribution is 2.15. The lowest BCUT2D eigenvalue weighted by Crippen LogP contribution is -2.28. The van der Waals surface area contributed by atoms with Crippen LogP contribution in [0.5, 0.6) is 0 Å². The van der Waals surface area contributed by atoms with Gasteiger partial charge in [0.25, 0.3) is 0 Å². The first-order valence-corrected chi connectivity index (χ1v) is 17.9. The van der Waals surface area contributed by atoms with Gasteiger partial charge in [-0.05, 0) is 83.1 Å². The highest BCUT2D eigenvalue weighted by molar-refractivity contribution is 5.80. The standard InChI is InChI=1S/C39H65NO5/c1-3-5-7-9-10-11-12-13-14-15-16-17-18-19-20-21-22-24-30-34-39(44)45-36(31-27-23-8-6-4-2)32-28-25-26-29-33-37(41)40-35-38(42)43/h5,7,10-11,13-14,16-17,27,31,36H,3-4,6,8-9,12,15,18-26,28-30,32-35H2,1-2H3,(H,40,41)(H,42,43)/b7-5-,11-10-,14-13-,17-16-,31-27-. The van der Waals surface area contributed by atoms with Crippen LogP contribution in [0.3, 0.4) is 0 Å². The van der Waals surface area contributed by atoms with Gasteiger partial charge in [-0.1, -0.05) is 120 Å². The summed E-state index contributed by atoms with van der Waals surface area (Å²) in [4.78, 5) is 34.7. The number of carbonyl (C=O) groups excluding carboxylic acids is 2. The number of hydrogen-bond acceptors (Lipinski definition) is 4. The van der Waals surface area contributed by atoms with E-state index in [2.05, 4.69) is 79.9 Å². The maximum atomic E-state index is 12.5. The minimum Gasteiger partial charge on any atom is -0.480 e. The highest BCUT2D eigenvalue weighted by atomic mass is 16.5. The molecule has 45 heavy (non-hydrogen) atoms. The topological polar surface area (TPSA) is 92.7 Å². The highest BCUT2D eigenvalue weighted by Gasteiger charge is 2.12. The molecule has 0 rings (SSSR count). The molecule has 0 saturated heterocycles. The van der Waals surface area contributed by atoms with E-state index in [1.165, 1.54) is 32.1 Å². The average Bonchev–Trinajstić information content (AvgIpc) is 3.02. The van der Waals surface area contributed by atoms with E-state index in [0.717, 1.165) is 96.3 Å². The van der Waals surface area contributed by atoms with Crippen molar-refractivity contribution in [2.45, 2.75) is 161 Å². The molecular formula is C39H65NO5. The van der Waals surface area contributed by atoms with Gasteiger partial charge >= 0.3 is 11.9 Å². The molecular weight excluding hydrogens is 562 g/mol. The Kier molecular flexibility index (Phi) is 31.8. The Balaban J connectivity index is 4.01. The maximum absolute atomic E-state index is 12.5. The molecule has 0 aliphatic heterocycles. The summed E-state index contributed by atoms with van der Waals surface area (Å²) in [5.74, 6) is -1.36. The van der Waals surface area contributed by atoms with Crippen molar-refractivity contribution in [2.75, 3.05) is 6.54 Å². The third-order valence-electron chi connectivity index (χ3n) is 7.41. The number of amides is 1. The number of unbranched alkanes of at least 4 members (excludes halogenated alkanes) is 12. The third-order valence-corrected chi connectivity index (χ3v) is 7.41. The predicted molar refractivity (Wildman–Crippen MR) is 189 cm³/mol. The molecule has 0 aromatic carbocycles. The van der Waals surface area contributed by atoms with E-state index in [9.17, 15) is 14.4 Å². The van der Waals surface area contributed by atoms with Crippen LogP contribution in [0.1, 0.15) is 155 Å². The molecule has 1 amide bonds. The number of aliphatic carboxylic acids is 1. The molecule has 0 fully saturated rings. The molecule has 0 saturated carbocycles. The molecule has 0 heterocycles. The SMILES string of the molecule is CC/C=C\C/C=C\C/C=C\C/C=C\CCCCCCCCC(=O)OC(/C=C\CCCCC)CCCCCCC(=O)NCC(=O)O. The summed E-state index contributed by atoms with van der Waals surface area (Å²) in [5.41, 5.74) is 0. The van der Waals surface area contributed by atoms with Crippen molar-refractivity contribution in [1.29, 1.82) is 0 Å². The third kappa shape index (κ3) is 33.8. The lowest BCUT2D eigenvalue weighted by atomic mass is 10.1. The van der Waals surface area contributed by atoms with E-state index >= 15 is 0 Å². The zero-order valence-corrected chi connectivity index (χ0v) is 28.7. The Labute approximate surface area is 275 Å². The number of allylic oxidation sites excluding steroid dienone is 9. The number of ether oxygens (including phenoxy) is 1. The molecule has 0 radical (unpaired) electrons. The molecule has 0 aliphatic carbocycles. The summed E-state index contributed by atoms with van der Waals surface area (Å²) in [6, 6.07) is 0. The van der Waals surface area contributed by atoms with Crippen molar-refractivity contribution in [3.63, 3.8) is 0 Å². The van der Waals surface area contributed by atoms with Crippen LogP contribution < -0.4 is 5.32 Å². The molecule has 2 N–H and O–H groups in total. The second-order valence-electron chi connectivity index (χ2n) is 11.7. The second-order valence-corrected chi connectivity index (χ2v) is 11.7. The maximum Gasteiger partial charge on any atom is 0.322 e. The van der Waals surface area contributed by atoms with E-state index in [1.54, 1.807) is 0 Å². The van der Waals surface area contributed by atoms with Gasteiger partial charge in [0.15, 0.2) is 0 Å². The second kappa shape index (κ2) is 34.0. The quantitative estimate of drug-likeness (QED) is 0.0453. The summed E-state index contributed by atoms with van der Waals surface area (Å²) in [5, 5.41) is 11.0. The van der Waals surface area contributed by atoms with Crippen LogP contribution in [-0.4, -0.2) is 35.6 Å². The van der Waals surface area contributed by atoms with Gasteiger partial charge < -0.3 is 15.2 Å². The zero-order valence-electron chi connectivity index (χ0n) is 28.7. The van der Waals surface area contributed by atoms with E-state index in [-0.39, 0.29) is 24.5 Å². The van der Waals surface area contributed by atoms with Crippen LogP contribution in [0.4, 0.5) is 0 Å². The smallest absolute Gasteiger partial charge is 0.322 e. The van der Waals surface area contributed by atoms with Crippen LogP contribution >= 0.6 is 0 Å². The van der Waals surface area contributed by atoms with Crippen molar-refractivity contribution in [2.24, 2.45) is 0 Å². The summed E-state index contributed by atoms with van der Waals surface area (Å²) in [6.45, 7) is 4.02. The van der Waals surface area contributed by atoms with Crippen LogP contribution in [0.25, 0.3) is 0 Å². The van der Waals surface area contributed by atoms with Crippen molar-refractivity contribution in [3.05, 3.63) is 60.8 Å². The number of rotatable bonds is 31. The fourth-order valence-corrected chi connectivity index (χ4v) is 4.77. The van der Waals surface area contributed by atoms with Crippen LogP contribution in [-0.2, 0) is 19.1 Å². The Morgan fingerprint density at radius 1 is 0.622 bits per heavy atom. The molecule has 0 bridgehead atoms. The van der Waals surface area contributed by atoms with E-state index in [1.807, 2.05) is 0 Å². The molecule has 0 aliphatic rings. The minimum atomic E-state index is -1.03. The predicted octanol–water partition coefficient (Wildman–Crippen LogP) is 10.5. The fraction of sp³-hybridized carbons (Fsp3) is 0.667. The molecule has 1 unspecified atom stereocenters. The fourth-order valence-electron chi connectivity index (χ4n) is 4.77. The molecule has 256 valence electrons. The summed E-state index contributed by atoms with van der Waals surface area (Å²) >= 11 is 0. The van der Waals surface area contributed by atoms with E-state index in [4.69, 9.17) is 9.84 Å². The minimum absolute atomic E-state index is 0.104. The Morgan fingerprint density at radius 3 is 1.80 bits per heavy atom. The van der Waals surface area contributed by atoms with Gasteiger partial charge in [0.2, 0.25) is 5.91 Å². The van der Waals surface area contributed by atoms with Crippen molar-refractivity contribution in [3.8, 4) is 0 Å². The first-order valence-electron chi connectivity index (χ1n) is 17.9. The first kappa shape index (κ1) is 42.1. The van der Waals surface area contributed by atoms with Crippen molar-refractivity contribution >= 4 is 17.8 Å². The molecule has 0 aromatic heterocycles. The number of hydrogen-bond donors (Lipinski definition) is 2. The summed E-state index contributed by atoms with van der Waals surface area (Å²) in [6.07, 6.45) is 43.6. The monoisotopic (exact) mass is 627 g/mol. The van der Waals surface area contributed by atoms with Gasteiger partial charge in [-0.25, -0.2) is 0 Å². The number of carboxylic acids is 1. The summed E-state index contributed by atoms with van der Waals surface area (Å²) in [7, 11) is 0. The molecule has 1 atom stereocenters. The Bertz CT molecular complexity index is 871. The average molecular weight is 628 g/mol. The van der Waals surface area contributed by atoms with Crippen LogP contribution in [0.15, 0.2) is 60.8 Å². The van der Waals surface area contributed by atoms with E-state index in [0.29, 0.717) is 12.8 Å². The normalized spacial score (nSPS) is 12.8. The Hall–Kier alpha value is -2.89. The first-order chi connectivity index (χ1) is 22.0. The van der Waals surface area contributed by atoms with Gasteiger partial charge in [-0.3, -0.25) is 14.4 Å². The molecule has 6 heteroatoms. The van der Waals surface area contributed by atoms with E-state index < -0.39 is 5.97 Å². The summed E-state index contributed by atoms with van der Waals surface area (Å²) < 4.78 is 5.83. The molecule has 0 spiro atoms. The zero-order chi connectivity index (χ0) is 33.1. The van der Waals surface area contributed by atoms with Gasteiger partial charge in [0.1, 0.15) is 12.6 Å². The largest absolute Gasteiger partial charge is 0.480 e. The van der Waals surface area contributed by atoms with Gasteiger partial charge in [0, 0.05) is 12.8 Å².